The molecule has 134 valence electrons. The number of aliphatic hydroxyl groups excluding tert-OH is 1. The summed E-state index contributed by atoms with van der Waals surface area (Å²) in [6.45, 7) is 4.39. The van der Waals surface area contributed by atoms with Crippen LogP contribution < -0.4 is 16.4 Å². The molecule has 1 heterocycles. The predicted octanol–water partition coefficient (Wildman–Crippen LogP) is 1.86. The third-order valence-electron chi connectivity index (χ3n) is 4.07. The molecule has 0 fully saturated rings. The van der Waals surface area contributed by atoms with Crippen LogP contribution in [0.15, 0.2) is 36.7 Å². The van der Waals surface area contributed by atoms with Gasteiger partial charge in [0.1, 0.15) is 0 Å². The summed E-state index contributed by atoms with van der Waals surface area (Å²) in [5, 5.41) is 14.5. The lowest BCUT2D eigenvalue weighted by Crippen LogP contribution is -2.40. The number of nitrogens with two attached hydrogens (primary N) is 1. The molecule has 0 saturated carbocycles. The molecule has 0 aliphatic carbocycles. The molecule has 1 amide bonds. The Labute approximate surface area is 147 Å². The number of benzene rings is 1. The lowest BCUT2D eigenvalue weighted by Gasteiger charge is -2.18. The molecule has 0 aliphatic heterocycles. The SMILES string of the molecule is CC[C@@H](C)[C@@H](N)C(=O)Nc1cccc(-c2cnc(NCCO)nc2)c1. The van der Waals surface area contributed by atoms with Crippen molar-refractivity contribution in [3.63, 3.8) is 0 Å². The van der Waals surface area contributed by atoms with Gasteiger partial charge in [0.2, 0.25) is 11.9 Å². The topological polar surface area (TPSA) is 113 Å². The molecule has 0 aliphatic rings. The zero-order valence-corrected chi connectivity index (χ0v) is 14.6. The van der Waals surface area contributed by atoms with Gasteiger partial charge in [-0.2, -0.15) is 0 Å². The van der Waals surface area contributed by atoms with E-state index in [9.17, 15) is 4.79 Å². The normalized spacial score (nSPS) is 13.1. The molecule has 5 N–H and O–H groups in total. The van der Waals surface area contributed by atoms with Crippen LogP contribution in [0, 0.1) is 5.92 Å². The van der Waals surface area contributed by atoms with E-state index < -0.39 is 6.04 Å². The van der Waals surface area contributed by atoms with Gasteiger partial charge in [-0.1, -0.05) is 32.4 Å². The summed E-state index contributed by atoms with van der Waals surface area (Å²) in [6, 6.07) is 6.93. The van der Waals surface area contributed by atoms with E-state index in [1.54, 1.807) is 12.4 Å². The zero-order valence-electron chi connectivity index (χ0n) is 14.6. The minimum absolute atomic E-state index is 0.0195. The number of hydrogen-bond donors (Lipinski definition) is 4. The molecule has 0 spiro atoms. The first kappa shape index (κ1) is 18.8. The van der Waals surface area contributed by atoms with Gasteiger partial charge < -0.3 is 21.5 Å². The van der Waals surface area contributed by atoms with Crippen LogP contribution in [0.1, 0.15) is 20.3 Å². The maximum atomic E-state index is 12.2. The average molecular weight is 343 g/mol. The summed E-state index contributed by atoms with van der Waals surface area (Å²) in [5.74, 6) is 0.392. The highest BCUT2D eigenvalue weighted by atomic mass is 16.3. The number of aromatic nitrogens is 2. The molecule has 2 atom stereocenters. The number of nitrogens with zero attached hydrogens (tertiary/aromatic N) is 2. The Kier molecular flexibility index (Phi) is 6.85. The van der Waals surface area contributed by atoms with E-state index in [1.807, 2.05) is 38.1 Å². The minimum Gasteiger partial charge on any atom is -0.395 e. The summed E-state index contributed by atoms with van der Waals surface area (Å²) >= 11 is 0. The summed E-state index contributed by atoms with van der Waals surface area (Å²) in [7, 11) is 0. The maximum absolute atomic E-state index is 12.2. The summed E-state index contributed by atoms with van der Waals surface area (Å²) in [6.07, 6.45) is 4.24. The third-order valence-corrected chi connectivity index (χ3v) is 4.07. The molecular formula is C18H25N5O2. The second-order valence-electron chi connectivity index (χ2n) is 5.93. The molecule has 2 rings (SSSR count). The number of nitrogens with one attached hydrogen (secondary N) is 2. The second-order valence-corrected chi connectivity index (χ2v) is 5.93. The molecule has 7 nitrogen and oxygen atoms in total. The quantitative estimate of drug-likeness (QED) is 0.582. The Morgan fingerprint density at radius 2 is 2.00 bits per heavy atom. The first-order chi connectivity index (χ1) is 12.0. The Balaban J connectivity index is 2.09. The number of carbonyl (C=O) groups is 1. The second kappa shape index (κ2) is 9.10. The smallest absolute Gasteiger partial charge is 0.241 e. The number of anilines is 2. The van der Waals surface area contributed by atoms with Gasteiger partial charge in [0.15, 0.2) is 0 Å². The predicted molar refractivity (Wildman–Crippen MR) is 99.1 cm³/mol. The fourth-order valence-electron chi connectivity index (χ4n) is 2.25. The van der Waals surface area contributed by atoms with Crippen molar-refractivity contribution in [3.05, 3.63) is 36.7 Å². The van der Waals surface area contributed by atoms with Gasteiger partial charge in [0.25, 0.3) is 0 Å². The third kappa shape index (κ3) is 5.23. The van der Waals surface area contributed by atoms with Crippen molar-refractivity contribution >= 4 is 17.5 Å². The van der Waals surface area contributed by atoms with E-state index in [4.69, 9.17) is 10.8 Å². The van der Waals surface area contributed by atoms with Crippen LogP contribution in [0.3, 0.4) is 0 Å². The summed E-state index contributed by atoms with van der Waals surface area (Å²) in [4.78, 5) is 20.6. The fourth-order valence-corrected chi connectivity index (χ4v) is 2.25. The van der Waals surface area contributed by atoms with Crippen LogP contribution >= 0.6 is 0 Å². The lowest BCUT2D eigenvalue weighted by molar-refractivity contribution is -0.118. The van der Waals surface area contributed by atoms with Gasteiger partial charge in [-0.05, 0) is 23.6 Å². The van der Waals surface area contributed by atoms with E-state index in [0.29, 0.717) is 18.2 Å². The van der Waals surface area contributed by atoms with Crippen molar-refractivity contribution in [1.29, 1.82) is 0 Å². The summed E-state index contributed by atoms with van der Waals surface area (Å²) < 4.78 is 0. The van der Waals surface area contributed by atoms with E-state index >= 15 is 0 Å². The van der Waals surface area contributed by atoms with E-state index in [1.165, 1.54) is 0 Å². The van der Waals surface area contributed by atoms with Crippen molar-refractivity contribution in [2.24, 2.45) is 11.7 Å². The first-order valence-corrected chi connectivity index (χ1v) is 8.38. The lowest BCUT2D eigenvalue weighted by atomic mass is 9.99. The number of rotatable bonds is 8. The highest BCUT2D eigenvalue weighted by Crippen LogP contribution is 2.22. The first-order valence-electron chi connectivity index (χ1n) is 8.38. The van der Waals surface area contributed by atoms with Crippen LogP contribution in [0.2, 0.25) is 0 Å². The zero-order chi connectivity index (χ0) is 18.2. The van der Waals surface area contributed by atoms with Gasteiger partial charge in [-0.15, -0.1) is 0 Å². The Hall–Kier alpha value is -2.51. The molecule has 0 radical (unpaired) electrons. The molecule has 0 saturated heterocycles. The highest BCUT2D eigenvalue weighted by Gasteiger charge is 2.19. The van der Waals surface area contributed by atoms with Crippen LogP contribution in [0.5, 0.6) is 0 Å². The van der Waals surface area contributed by atoms with Gasteiger partial charge in [-0.3, -0.25) is 4.79 Å². The van der Waals surface area contributed by atoms with Crippen molar-refractivity contribution < 1.29 is 9.90 Å². The van der Waals surface area contributed by atoms with Crippen molar-refractivity contribution in [3.8, 4) is 11.1 Å². The molecule has 0 bridgehead atoms. The number of amides is 1. The Morgan fingerprint density at radius 1 is 1.28 bits per heavy atom. The number of hydrogen-bond acceptors (Lipinski definition) is 6. The van der Waals surface area contributed by atoms with Crippen LogP contribution in [0.25, 0.3) is 11.1 Å². The number of aliphatic hydroxyl groups is 1. The molecular weight excluding hydrogens is 318 g/mol. The largest absolute Gasteiger partial charge is 0.395 e. The van der Waals surface area contributed by atoms with Gasteiger partial charge in [-0.25, -0.2) is 9.97 Å². The number of carbonyl (C=O) groups excluding carboxylic acids is 1. The molecule has 1 aromatic carbocycles. The van der Waals surface area contributed by atoms with Crippen molar-refractivity contribution in [2.75, 3.05) is 23.8 Å². The minimum atomic E-state index is -0.533. The van der Waals surface area contributed by atoms with E-state index in [2.05, 4.69) is 20.6 Å². The maximum Gasteiger partial charge on any atom is 0.241 e. The van der Waals surface area contributed by atoms with Gasteiger partial charge in [0.05, 0.1) is 12.6 Å². The van der Waals surface area contributed by atoms with Crippen LogP contribution in [-0.2, 0) is 4.79 Å². The van der Waals surface area contributed by atoms with Crippen molar-refractivity contribution in [2.45, 2.75) is 26.3 Å². The fraction of sp³-hybridized carbons (Fsp3) is 0.389. The Morgan fingerprint density at radius 3 is 2.64 bits per heavy atom. The van der Waals surface area contributed by atoms with E-state index in [0.717, 1.165) is 17.5 Å². The molecule has 2 aromatic rings. The highest BCUT2D eigenvalue weighted by molar-refractivity contribution is 5.95. The van der Waals surface area contributed by atoms with Gasteiger partial charge in [0, 0.05) is 30.2 Å². The van der Waals surface area contributed by atoms with Crippen molar-refractivity contribution in [1.82, 2.24) is 9.97 Å². The molecule has 25 heavy (non-hydrogen) atoms. The van der Waals surface area contributed by atoms with Crippen LogP contribution in [-0.4, -0.2) is 40.2 Å². The van der Waals surface area contributed by atoms with Crippen LogP contribution in [0.4, 0.5) is 11.6 Å². The molecule has 7 heteroatoms. The monoisotopic (exact) mass is 343 g/mol. The average Bonchev–Trinajstić information content (AvgIpc) is 2.65. The molecule has 1 aromatic heterocycles. The summed E-state index contributed by atoms with van der Waals surface area (Å²) in [5.41, 5.74) is 8.37. The van der Waals surface area contributed by atoms with E-state index in [-0.39, 0.29) is 18.4 Å². The Bertz CT molecular complexity index is 690. The van der Waals surface area contributed by atoms with Gasteiger partial charge >= 0.3 is 0 Å². The standard InChI is InChI=1S/C18H25N5O2/c1-3-12(2)16(19)17(25)23-15-6-4-5-13(9-15)14-10-21-18(22-11-14)20-7-8-24/h4-6,9-12,16,24H,3,7-8,19H2,1-2H3,(H,23,25)(H,20,21,22)/t12-,16-/m1/s1. The molecule has 0 unspecified atom stereocenters.